The number of carbonyl (C=O) groups excluding carboxylic acids is 1. The van der Waals surface area contributed by atoms with Gasteiger partial charge in [0, 0.05) is 43.3 Å². The van der Waals surface area contributed by atoms with Crippen molar-refractivity contribution < 1.29 is 17.9 Å². The van der Waals surface area contributed by atoms with Crippen molar-refractivity contribution in [1.29, 1.82) is 0 Å². The van der Waals surface area contributed by atoms with Gasteiger partial charge in [-0.05, 0) is 48.6 Å². The number of nitrogens with one attached hydrogen (secondary N) is 2. The van der Waals surface area contributed by atoms with E-state index in [0.29, 0.717) is 38.2 Å². The summed E-state index contributed by atoms with van der Waals surface area (Å²) in [5.41, 5.74) is 2.05. The first-order chi connectivity index (χ1) is 15.9. The molecule has 9 heteroatoms. The first-order valence-corrected chi connectivity index (χ1v) is 12.5. The number of fused-ring (bicyclic) bond motifs is 2. The lowest BCUT2D eigenvalue weighted by molar-refractivity contribution is 0.0857. The molecule has 3 aromatic rings. The van der Waals surface area contributed by atoms with Crippen LogP contribution >= 0.6 is 0 Å². The Hall–Kier alpha value is -3.01. The highest BCUT2D eigenvalue weighted by Crippen LogP contribution is 2.26. The molecule has 172 valence electrons. The maximum absolute atomic E-state index is 13.3. The summed E-state index contributed by atoms with van der Waals surface area (Å²) in [6.07, 6.45) is 3.79. The van der Waals surface area contributed by atoms with Crippen LogP contribution in [0.1, 0.15) is 34.3 Å². The third-order valence-corrected chi connectivity index (χ3v) is 8.19. The topological polar surface area (TPSA) is 109 Å². The van der Waals surface area contributed by atoms with Gasteiger partial charge in [-0.1, -0.05) is 24.3 Å². The van der Waals surface area contributed by atoms with Crippen molar-refractivity contribution in [1.82, 2.24) is 14.6 Å². The van der Waals surface area contributed by atoms with Crippen LogP contribution in [0.25, 0.3) is 10.9 Å². The molecule has 0 bridgehead atoms. The van der Waals surface area contributed by atoms with Gasteiger partial charge in [0.25, 0.3) is 5.91 Å². The summed E-state index contributed by atoms with van der Waals surface area (Å²) in [6, 6.07) is 12.2. The SMILES string of the molecule is O=C(NCC1CCCO1)c1c[nH]c2ccc(S(=O)(=O)N3CCc4ccccc4C3)cc2c1=O. The monoisotopic (exact) mass is 467 g/mol. The van der Waals surface area contributed by atoms with E-state index in [4.69, 9.17) is 4.74 Å². The molecule has 33 heavy (non-hydrogen) atoms. The fourth-order valence-corrected chi connectivity index (χ4v) is 5.90. The molecule has 2 N–H and O–H groups in total. The smallest absolute Gasteiger partial charge is 0.256 e. The summed E-state index contributed by atoms with van der Waals surface area (Å²) in [5, 5.41) is 2.91. The maximum Gasteiger partial charge on any atom is 0.256 e. The second kappa shape index (κ2) is 8.74. The minimum atomic E-state index is -3.80. The quantitative estimate of drug-likeness (QED) is 0.598. The number of sulfonamides is 1. The number of aromatic nitrogens is 1. The molecule has 1 aromatic heterocycles. The second-order valence-electron chi connectivity index (χ2n) is 8.44. The molecule has 1 fully saturated rings. The summed E-state index contributed by atoms with van der Waals surface area (Å²) >= 11 is 0. The Morgan fingerprint density at radius 2 is 2.00 bits per heavy atom. The Balaban J connectivity index is 1.43. The molecule has 5 rings (SSSR count). The third kappa shape index (κ3) is 4.19. The fraction of sp³-hybridized carbons (Fsp3) is 0.333. The van der Waals surface area contributed by atoms with E-state index in [9.17, 15) is 18.0 Å². The summed E-state index contributed by atoms with van der Waals surface area (Å²) in [6.45, 7) is 1.68. The van der Waals surface area contributed by atoms with Crippen molar-refractivity contribution in [3.63, 3.8) is 0 Å². The zero-order valence-electron chi connectivity index (χ0n) is 18.0. The molecule has 1 saturated heterocycles. The number of H-pyrrole nitrogens is 1. The normalized spacial score (nSPS) is 18.8. The summed E-state index contributed by atoms with van der Waals surface area (Å²) < 4.78 is 33.6. The van der Waals surface area contributed by atoms with Crippen LogP contribution in [0.2, 0.25) is 0 Å². The molecule has 0 radical (unpaired) electrons. The van der Waals surface area contributed by atoms with E-state index in [2.05, 4.69) is 10.3 Å². The number of rotatable bonds is 5. The van der Waals surface area contributed by atoms with Crippen LogP contribution in [0.4, 0.5) is 0 Å². The predicted molar refractivity (Wildman–Crippen MR) is 124 cm³/mol. The first kappa shape index (κ1) is 21.8. The number of nitrogens with zero attached hydrogens (tertiary/aromatic N) is 1. The van der Waals surface area contributed by atoms with Gasteiger partial charge in [0.05, 0.1) is 11.0 Å². The van der Waals surface area contributed by atoms with E-state index in [-0.39, 0.29) is 21.9 Å². The van der Waals surface area contributed by atoms with E-state index in [0.717, 1.165) is 24.0 Å². The van der Waals surface area contributed by atoms with E-state index < -0.39 is 21.4 Å². The Labute approximate surface area is 191 Å². The van der Waals surface area contributed by atoms with E-state index in [1.54, 1.807) is 6.07 Å². The van der Waals surface area contributed by atoms with Crippen LogP contribution in [0.3, 0.4) is 0 Å². The Kier molecular flexibility index (Phi) is 5.77. The number of hydrogen-bond donors (Lipinski definition) is 2. The lowest BCUT2D eigenvalue weighted by atomic mass is 10.0. The fourth-order valence-electron chi connectivity index (χ4n) is 4.46. The van der Waals surface area contributed by atoms with Crippen LogP contribution in [0, 0.1) is 0 Å². The summed E-state index contributed by atoms with van der Waals surface area (Å²) in [4.78, 5) is 28.6. The molecule has 8 nitrogen and oxygen atoms in total. The molecule has 2 aliphatic heterocycles. The van der Waals surface area contributed by atoms with Gasteiger partial charge >= 0.3 is 0 Å². The number of benzene rings is 2. The minimum Gasteiger partial charge on any atom is -0.376 e. The molecule has 0 spiro atoms. The van der Waals surface area contributed by atoms with E-state index in [1.165, 1.54) is 22.6 Å². The molecule has 2 aromatic carbocycles. The number of ether oxygens (including phenoxy) is 1. The van der Waals surface area contributed by atoms with Crippen molar-refractivity contribution in [2.45, 2.75) is 36.8 Å². The highest BCUT2D eigenvalue weighted by atomic mass is 32.2. The van der Waals surface area contributed by atoms with Crippen molar-refractivity contribution in [3.05, 3.63) is 75.6 Å². The Bertz CT molecular complexity index is 1380. The number of aromatic amines is 1. The Morgan fingerprint density at radius 1 is 1.18 bits per heavy atom. The zero-order valence-corrected chi connectivity index (χ0v) is 18.9. The van der Waals surface area contributed by atoms with Crippen molar-refractivity contribution in [2.24, 2.45) is 0 Å². The van der Waals surface area contributed by atoms with E-state index in [1.807, 2.05) is 24.3 Å². The molecule has 3 heterocycles. The molecule has 0 aliphatic carbocycles. The second-order valence-corrected chi connectivity index (χ2v) is 10.4. The number of hydrogen-bond acceptors (Lipinski definition) is 5. The van der Waals surface area contributed by atoms with Gasteiger partial charge in [-0.2, -0.15) is 4.31 Å². The molecule has 2 aliphatic rings. The van der Waals surface area contributed by atoms with Gasteiger partial charge in [0.15, 0.2) is 0 Å². The van der Waals surface area contributed by atoms with Crippen molar-refractivity contribution in [3.8, 4) is 0 Å². The largest absolute Gasteiger partial charge is 0.376 e. The molecule has 1 unspecified atom stereocenters. The van der Waals surface area contributed by atoms with Gasteiger partial charge in [0.2, 0.25) is 15.5 Å². The van der Waals surface area contributed by atoms with Gasteiger partial charge in [-0.25, -0.2) is 8.42 Å². The number of pyridine rings is 1. The average Bonchev–Trinajstić information content (AvgIpc) is 3.36. The lowest BCUT2D eigenvalue weighted by Crippen LogP contribution is -2.36. The molecular formula is C24H25N3O5S. The van der Waals surface area contributed by atoms with Crippen LogP contribution in [0.15, 0.2) is 58.4 Å². The van der Waals surface area contributed by atoms with Crippen LogP contribution < -0.4 is 10.7 Å². The zero-order chi connectivity index (χ0) is 23.0. The Morgan fingerprint density at radius 3 is 2.79 bits per heavy atom. The number of amides is 1. The molecular weight excluding hydrogens is 442 g/mol. The van der Waals surface area contributed by atoms with Gasteiger partial charge in [-0.3, -0.25) is 9.59 Å². The van der Waals surface area contributed by atoms with Crippen molar-refractivity contribution >= 4 is 26.8 Å². The highest BCUT2D eigenvalue weighted by Gasteiger charge is 2.29. The van der Waals surface area contributed by atoms with Crippen LogP contribution in [-0.4, -0.2) is 49.4 Å². The first-order valence-electron chi connectivity index (χ1n) is 11.1. The molecule has 1 amide bonds. The van der Waals surface area contributed by atoms with Crippen molar-refractivity contribution in [2.75, 3.05) is 19.7 Å². The van der Waals surface area contributed by atoms with E-state index >= 15 is 0 Å². The number of carbonyl (C=O) groups is 1. The predicted octanol–water partition coefficient (Wildman–Crippen LogP) is 2.18. The lowest BCUT2D eigenvalue weighted by Gasteiger charge is -2.28. The summed E-state index contributed by atoms with van der Waals surface area (Å²) in [5.74, 6) is -0.505. The minimum absolute atomic E-state index is 0.0387. The van der Waals surface area contributed by atoms with Crippen LogP contribution in [-0.2, 0) is 27.7 Å². The van der Waals surface area contributed by atoms with Gasteiger partial charge < -0.3 is 15.0 Å². The van der Waals surface area contributed by atoms with Crippen LogP contribution in [0.5, 0.6) is 0 Å². The molecule has 0 saturated carbocycles. The third-order valence-electron chi connectivity index (χ3n) is 6.34. The highest BCUT2D eigenvalue weighted by molar-refractivity contribution is 7.89. The summed E-state index contributed by atoms with van der Waals surface area (Å²) in [7, 11) is -3.80. The van der Waals surface area contributed by atoms with Gasteiger partial charge in [0.1, 0.15) is 5.56 Å². The standard InChI is InChI=1S/C24H25N3O5S/c28-23-20-12-19(33(30,31)27-10-9-16-4-1-2-5-17(16)15-27)7-8-22(20)25-14-21(23)24(29)26-13-18-6-3-11-32-18/h1-2,4-5,7-8,12,14,18H,3,6,9-11,13,15H2,(H,25,28)(H,26,29). The average molecular weight is 468 g/mol. The molecule has 1 atom stereocenters. The maximum atomic E-state index is 13.3. The van der Waals surface area contributed by atoms with Gasteiger partial charge in [-0.15, -0.1) is 0 Å².